The molecule has 2 atom stereocenters. The molecule has 7 heteroatoms. The molecule has 0 saturated carbocycles. The highest BCUT2D eigenvalue weighted by molar-refractivity contribution is 5.98. The average molecular weight is 393 g/mol. The van der Waals surface area contributed by atoms with Crippen molar-refractivity contribution >= 4 is 11.7 Å². The zero-order valence-corrected chi connectivity index (χ0v) is 16.8. The van der Waals surface area contributed by atoms with E-state index in [4.69, 9.17) is 14.2 Å². The third kappa shape index (κ3) is 1.88. The first kappa shape index (κ1) is 18.1. The number of nitrogens with zero attached hydrogens (tertiary/aromatic N) is 2. The zero-order valence-electron chi connectivity index (χ0n) is 16.8. The lowest BCUT2D eigenvalue weighted by atomic mass is 9.57. The molecule has 1 aromatic rings. The molecule has 29 heavy (non-hydrogen) atoms. The summed E-state index contributed by atoms with van der Waals surface area (Å²) in [5, 5.41) is 14.0. The number of nitriles is 1. The van der Waals surface area contributed by atoms with Gasteiger partial charge in [0.15, 0.2) is 11.5 Å². The Morgan fingerprint density at radius 3 is 2.76 bits per heavy atom. The number of benzene rings is 1. The first-order valence-corrected chi connectivity index (χ1v) is 9.82. The van der Waals surface area contributed by atoms with E-state index in [2.05, 4.69) is 16.3 Å². The molecule has 7 nitrogen and oxygen atoms in total. The molecule has 0 radical (unpaired) electrons. The van der Waals surface area contributed by atoms with Crippen molar-refractivity contribution in [3.8, 4) is 17.6 Å². The highest BCUT2D eigenvalue weighted by Crippen LogP contribution is 2.66. The summed E-state index contributed by atoms with van der Waals surface area (Å²) in [7, 11) is 4.58. The van der Waals surface area contributed by atoms with Crippen LogP contribution in [0, 0.1) is 11.3 Å². The fourth-order valence-corrected chi connectivity index (χ4v) is 5.96. The molecule has 0 bridgehead atoms. The van der Waals surface area contributed by atoms with Crippen molar-refractivity contribution in [1.82, 2.24) is 4.90 Å². The molecule has 1 aliphatic carbocycles. The predicted molar refractivity (Wildman–Crippen MR) is 106 cm³/mol. The standard InChI is InChI=1S/C22H23N3O4/c1-27-16-7-6-15-17(18(16)28-2)24-19-14(20(26)29-3)11-13-5-4-9-25-10-8-21(15,19)22(13,25)12-23/h6-7,11,24H,4-5,8-10H2,1-3H3/t21-,22-/m0/s1. The van der Waals surface area contributed by atoms with Crippen LogP contribution in [0.25, 0.3) is 0 Å². The van der Waals surface area contributed by atoms with Gasteiger partial charge in [0.05, 0.1) is 44.1 Å². The summed E-state index contributed by atoms with van der Waals surface area (Å²) in [6, 6.07) is 6.57. The number of nitrogens with one attached hydrogen (secondary N) is 1. The summed E-state index contributed by atoms with van der Waals surface area (Å²) in [4.78, 5) is 15.0. The van der Waals surface area contributed by atoms with E-state index in [1.807, 2.05) is 18.2 Å². The monoisotopic (exact) mass is 393 g/mol. The SMILES string of the molecule is COC(=O)C1=C2Nc3c(ccc(OC)c3OC)[C@@]23CCN2CCCC(=C1)[C@]23C#N. The number of anilines is 1. The number of ether oxygens (including phenoxy) is 3. The molecular weight excluding hydrogens is 370 g/mol. The maximum atomic E-state index is 12.8. The Balaban J connectivity index is 1.88. The summed E-state index contributed by atoms with van der Waals surface area (Å²) in [5.74, 6) is 0.787. The fourth-order valence-electron chi connectivity index (χ4n) is 5.96. The first-order valence-electron chi connectivity index (χ1n) is 9.82. The molecule has 0 aromatic heterocycles. The van der Waals surface area contributed by atoms with Gasteiger partial charge in [-0.3, -0.25) is 4.90 Å². The average Bonchev–Trinajstić information content (AvgIpc) is 3.29. The number of esters is 1. The Labute approximate surface area is 169 Å². The number of carbonyl (C=O) groups is 1. The van der Waals surface area contributed by atoms with Crippen molar-refractivity contribution in [3.05, 3.63) is 40.6 Å². The number of fused-ring (bicyclic) bond motifs is 1. The Kier molecular flexibility index (Phi) is 3.74. The van der Waals surface area contributed by atoms with Crippen molar-refractivity contribution in [3.63, 3.8) is 0 Å². The Morgan fingerprint density at radius 2 is 2.07 bits per heavy atom. The number of rotatable bonds is 3. The molecule has 2 fully saturated rings. The zero-order chi connectivity index (χ0) is 20.4. The quantitative estimate of drug-likeness (QED) is 0.790. The van der Waals surface area contributed by atoms with Gasteiger partial charge in [0, 0.05) is 18.8 Å². The molecule has 1 aromatic carbocycles. The van der Waals surface area contributed by atoms with E-state index in [-0.39, 0.29) is 0 Å². The van der Waals surface area contributed by atoms with E-state index >= 15 is 0 Å². The molecule has 1 N–H and O–H groups in total. The lowest BCUT2D eigenvalue weighted by Gasteiger charge is -2.50. The predicted octanol–water partition coefficient (Wildman–Crippen LogP) is 2.50. The van der Waals surface area contributed by atoms with Crippen LogP contribution in [-0.4, -0.2) is 50.8 Å². The molecule has 150 valence electrons. The minimum Gasteiger partial charge on any atom is -0.493 e. The maximum Gasteiger partial charge on any atom is 0.339 e. The molecule has 5 rings (SSSR count). The highest BCUT2D eigenvalue weighted by Gasteiger charge is 2.70. The molecule has 3 heterocycles. The minimum atomic E-state index is -0.810. The number of hydrogen-bond acceptors (Lipinski definition) is 7. The van der Waals surface area contributed by atoms with Gasteiger partial charge >= 0.3 is 5.97 Å². The Morgan fingerprint density at radius 1 is 1.24 bits per heavy atom. The second-order valence-electron chi connectivity index (χ2n) is 7.87. The largest absolute Gasteiger partial charge is 0.493 e. The smallest absolute Gasteiger partial charge is 0.339 e. The normalized spacial score (nSPS) is 29.1. The van der Waals surface area contributed by atoms with E-state index in [1.54, 1.807) is 14.2 Å². The fraction of sp³-hybridized carbons (Fsp3) is 0.455. The molecule has 0 unspecified atom stereocenters. The summed E-state index contributed by atoms with van der Waals surface area (Å²) in [6.45, 7) is 1.66. The van der Waals surface area contributed by atoms with Gasteiger partial charge in [-0.1, -0.05) is 6.07 Å². The molecule has 0 amide bonds. The van der Waals surface area contributed by atoms with E-state index < -0.39 is 16.9 Å². The van der Waals surface area contributed by atoms with Gasteiger partial charge in [-0.05, 0) is 42.5 Å². The van der Waals surface area contributed by atoms with Crippen LogP contribution in [0.1, 0.15) is 24.8 Å². The highest BCUT2D eigenvalue weighted by atomic mass is 16.5. The van der Waals surface area contributed by atoms with Crippen LogP contribution in [0.15, 0.2) is 35.1 Å². The lowest BCUT2D eigenvalue weighted by Crippen LogP contribution is -2.60. The van der Waals surface area contributed by atoms with Crippen LogP contribution in [0.4, 0.5) is 5.69 Å². The van der Waals surface area contributed by atoms with Gasteiger partial charge in [-0.2, -0.15) is 5.26 Å². The van der Waals surface area contributed by atoms with Crippen LogP contribution in [0.2, 0.25) is 0 Å². The number of piperidine rings is 1. The number of methoxy groups -OCH3 is 3. The summed E-state index contributed by atoms with van der Waals surface area (Å²) >= 11 is 0. The molecule has 1 spiro atoms. The first-order chi connectivity index (χ1) is 14.1. The van der Waals surface area contributed by atoms with E-state index in [0.717, 1.165) is 54.9 Å². The second-order valence-corrected chi connectivity index (χ2v) is 7.87. The molecular formula is C22H23N3O4. The van der Waals surface area contributed by atoms with Crippen molar-refractivity contribution in [1.29, 1.82) is 5.26 Å². The molecule has 2 saturated heterocycles. The van der Waals surface area contributed by atoms with E-state index in [0.29, 0.717) is 17.1 Å². The topological polar surface area (TPSA) is 83.8 Å². The van der Waals surface area contributed by atoms with Crippen molar-refractivity contribution < 1.29 is 19.0 Å². The van der Waals surface area contributed by atoms with Crippen LogP contribution >= 0.6 is 0 Å². The second kappa shape index (κ2) is 6.01. The van der Waals surface area contributed by atoms with Crippen LogP contribution in [-0.2, 0) is 14.9 Å². The molecule has 4 aliphatic rings. The lowest BCUT2D eigenvalue weighted by molar-refractivity contribution is -0.135. The van der Waals surface area contributed by atoms with Gasteiger partial charge in [0.25, 0.3) is 0 Å². The third-order valence-corrected chi connectivity index (χ3v) is 7.02. The number of carbonyl (C=O) groups excluding carboxylic acids is 1. The summed E-state index contributed by atoms with van der Waals surface area (Å²) in [6.07, 6.45) is 4.38. The molecule has 3 aliphatic heterocycles. The van der Waals surface area contributed by atoms with Crippen LogP contribution in [0.3, 0.4) is 0 Å². The van der Waals surface area contributed by atoms with Crippen molar-refractivity contribution in [2.75, 3.05) is 39.7 Å². The third-order valence-electron chi connectivity index (χ3n) is 7.02. The van der Waals surface area contributed by atoms with Gasteiger partial charge in [-0.15, -0.1) is 0 Å². The van der Waals surface area contributed by atoms with Crippen molar-refractivity contribution in [2.24, 2.45) is 0 Å². The van der Waals surface area contributed by atoms with Crippen molar-refractivity contribution in [2.45, 2.75) is 30.2 Å². The Hall–Kier alpha value is -2.98. The van der Waals surface area contributed by atoms with Crippen LogP contribution < -0.4 is 14.8 Å². The van der Waals surface area contributed by atoms with Gasteiger partial charge in [0.1, 0.15) is 5.54 Å². The van der Waals surface area contributed by atoms with Crippen LogP contribution in [0.5, 0.6) is 11.5 Å². The van der Waals surface area contributed by atoms with Gasteiger partial charge < -0.3 is 19.5 Å². The summed E-state index contributed by atoms with van der Waals surface area (Å²) in [5.41, 5.74) is 2.50. The van der Waals surface area contributed by atoms with E-state index in [1.165, 1.54) is 7.11 Å². The van der Waals surface area contributed by atoms with Gasteiger partial charge in [0.2, 0.25) is 0 Å². The minimum absolute atomic E-state index is 0.395. The maximum absolute atomic E-state index is 12.8. The van der Waals surface area contributed by atoms with Gasteiger partial charge in [-0.25, -0.2) is 4.79 Å². The Bertz CT molecular complexity index is 1040. The summed E-state index contributed by atoms with van der Waals surface area (Å²) < 4.78 is 16.3. The number of hydrogen-bond donors (Lipinski definition) is 1. The van der Waals surface area contributed by atoms with E-state index in [9.17, 15) is 10.1 Å².